The van der Waals surface area contributed by atoms with Gasteiger partial charge < -0.3 is 19.7 Å². The van der Waals surface area contributed by atoms with E-state index in [0.29, 0.717) is 25.7 Å². The highest BCUT2D eigenvalue weighted by Gasteiger charge is 2.02. The van der Waals surface area contributed by atoms with E-state index in [2.05, 4.69) is 9.47 Å². The van der Waals surface area contributed by atoms with E-state index in [4.69, 9.17) is 10.2 Å². The molecule has 0 spiro atoms. The Morgan fingerprint density at radius 2 is 1.05 bits per heavy atom. The van der Waals surface area contributed by atoms with Gasteiger partial charge in [-0.2, -0.15) is 0 Å². The highest BCUT2D eigenvalue weighted by Crippen LogP contribution is 2.01. The van der Waals surface area contributed by atoms with Crippen LogP contribution in [0.25, 0.3) is 0 Å². The van der Waals surface area contributed by atoms with Gasteiger partial charge in [-0.3, -0.25) is 9.59 Å². The molecule has 0 aromatic heterocycles. The molecule has 0 fully saturated rings. The second kappa shape index (κ2) is 17.9. The second-order valence-corrected chi connectivity index (χ2v) is 4.22. The van der Waals surface area contributed by atoms with Gasteiger partial charge in [0.15, 0.2) is 0 Å². The fraction of sp³-hybridized carbons (Fsp3) is 0.857. The molecular formula is C14H28O6. The molecule has 0 aliphatic rings. The maximum atomic E-state index is 10.6. The van der Waals surface area contributed by atoms with Crippen LogP contribution in [0.15, 0.2) is 0 Å². The first-order valence-corrected chi connectivity index (χ1v) is 6.97. The van der Waals surface area contributed by atoms with E-state index in [0.717, 1.165) is 25.7 Å². The van der Waals surface area contributed by atoms with Crippen LogP contribution in [0.5, 0.6) is 0 Å². The Kier molecular flexibility index (Phi) is 18.9. The maximum absolute atomic E-state index is 10.6. The first kappa shape index (κ1) is 21.2. The highest BCUT2D eigenvalue weighted by atomic mass is 16.5. The van der Waals surface area contributed by atoms with E-state index in [1.165, 1.54) is 14.2 Å². The molecule has 120 valence electrons. The lowest BCUT2D eigenvalue weighted by molar-refractivity contribution is -0.142. The number of aliphatic hydroxyl groups is 2. The monoisotopic (exact) mass is 292 g/mol. The van der Waals surface area contributed by atoms with E-state index in [1.54, 1.807) is 0 Å². The summed E-state index contributed by atoms with van der Waals surface area (Å²) in [6.45, 7) is 0.566. The molecule has 0 saturated carbocycles. The molecule has 2 N–H and O–H groups in total. The van der Waals surface area contributed by atoms with Crippen LogP contribution in [0.4, 0.5) is 0 Å². The van der Waals surface area contributed by atoms with Crippen molar-refractivity contribution in [1.29, 1.82) is 0 Å². The van der Waals surface area contributed by atoms with Crippen molar-refractivity contribution < 1.29 is 29.3 Å². The Morgan fingerprint density at radius 3 is 1.30 bits per heavy atom. The van der Waals surface area contributed by atoms with Gasteiger partial charge in [-0.05, 0) is 25.7 Å². The molecule has 0 radical (unpaired) electrons. The smallest absolute Gasteiger partial charge is 0.305 e. The molecular weight excluding hydrogens is 264 g/mol. The third-order valence-electron chi connectivity index (χ3n) is 2.53. The summed E-state index contributed by atoms with van der Waals surface area (Å²) >= 11 is 0. The molecule has 0 unspecified atom stereocenters. The molecule has 6 heteroatoms. The molecule has 0 aromatic rings. The molecule has 0 aromatic carbocycles. The molecule has 0 aliphatic carbocycles. The summed E-state index contributed by atoms with van der Waals surface area (Å²) in [5.41, 5.74) is 0. The van der Waals surface area contributed by atoms with Gasteiger partial charge in [-0.15, -0.1) is 0 Å². The van der Waals surface area contributed by atoms with Crippen molar-refractivity contribution in [3.05, 3.63) is 0 Å². The molecule has 0 heterocycles. The third kappa shape index (κ3) is 19.2. The Labute approximate surface area is 121 Å². The third-order valence-corrected chi connectivity index (χ3v) is 2.53. The molecule has 0 rings (SSSR count). The minimum atomic E-state index is -0.236. The van der Waals surface area contributed by atoms with E-state index in [1.807, 2.05) is 0 Å². The number of rotatable bonds is 10. The largest absolute Gasteiger partial charge is 0.469 e. The lowest BCUT2D eigenvalue weighted by Crippen LogP contribution is -2.02. The van der Waals surface area contributed by atoms with E-state index in [9.17, 15) is 9.59 Å². The van der Waals surface area contributed by atoms with Crippen LogP contribution in [0.3, 0.4) is 0 Å². The average molecular weight is 292 g/mol. The van der Waals surface area contributed by atoms with Gasteiger partial charge in [0, 0.05) is 26.1 Å². The number of carbonyl (C=O) groups excluding carboxylic acids is 2. The summed E-state index contributed by atoms with van der Waals surface area (Å²) in [5, 5.41) is 16.6. The normalized spacial score (nSPS) is 9.40. The fourth-order valence-electron chi connectivity index (χ4n) is 1.32. The van der Waals surface area contributed by atoms with Crippen molar-refractivity contribution in [3.8, 4) is 0 Å². The van der Waals surface area contributed by atoms with Gasteiger partial charge in [-0.25, -0.2) is 0 Å². The minimum Gasteiger partial charge on any atom is -0.469 e. The van der Waals surface area contributed by atoms with Crippen LogP contribution in [0.2, 0.25) is 0 Å². The number of esters is 2. The summed E-state index contributed by atoms with van der Waals surface area (Å²) in [5.74, 6) is -0.472. The van der Waals surface area contributed by atoms with Crippen molar-refractivity contribution in [2.45, 2.75) is 51.4 Å². The highest BCUT2D eigenvalue weighted by molar-refractivity contribution is 5.70. The van der Waals surface area contributed by atoms with Gasteiger partial charge in [-0.1, -0.05) is 12.8 Å². The van der Waals surface area contributed by atoms with Gasteiger partial charge in [0.1, 0.15) is 0 Å². The van der Waals surface area contributed by atoms with Gasteiger partial charge in [0.2, 0.25) is 0 Å². The van der Waals surface area contributed by atoms with Crippen molar-refractivity contribution >= 4 is 11.9 Å². The molecule has 0 saturated heterocycles. The van der Waals surface area contributed by atoms with Crippen LogP contribution in [0.1, 0.15) is 51.4 Å². The predicted molar refractivity (Wildman–Crippen MR) is 75.1 cm³/mol. The lowest BCUT2D eigenvalue weighted by atomic mass is 10.2. The number of carbonyl (C=O) groups is 2. The van der Waals surface area contributed by atoms with Crippen molar-refractivity contribution in [2.75, 3.05) is 27.4 Å². The number of methoxy groups -OCH3 is 2. The number of hydrogen-bond acceptors (Lipinski definition) is 6. The van der Waals surface area contributed by atoms with Crippen LogP contribution in [-0.2, 0) is 19.1 Å². The summed E-state index contributed by atoms with van der Waals surface area (Å²) in [6.07, 6.45) is 5.90. The van der Waals surface area contributed by atoms with Crippen molar-refractivity contribution in [2.24, 2.45) is 0 Å². The first-order chi connectivity index (χ1) is 9.62. The molecule has 6 nitrogen and oxygen atoms in total. The number of unbranched alkanes of at least 4 members (excludes halogenated alkanes) is 4. The van der Waals surface area contributed by atoms with E-state index in [-0.39, 0.29) is 25.2 Å². The molecule has 0 bridgehead atoms. The standard InChI is InChI=1S/C8H14O4.C6H14O2/c1-11-7(9)5-3-4-6-8(10)12-2;7-5-3-1-2-4-6-8/h3-6H2,1-2H3;7-8H,1-6H2. The fourth-order valence-corrected chi connectivity index (χ4v) is 1.32. The zero-order valence-electron chi connectivity index (χ0n) is 12.6. The minimum absolute atomic E-state index is 0.236. The predicted octanol–water partition coefficient (Wildman–Crippen LogP) is 1.42. The van der Waals surface area contributed by atoms with Crippen LogP contribution >= 0.6 is 0 Å². The SMILES string of the molecule is COC(=O)CCCCC(=O)OC.OCCCCCCO. The second-order valence-electron chi connectivity index (χ2n) is 4.22. The average Bonchev–Trinajstić information content (AvgIpc) is 2.48. The van der Waals surface area contributed by atoms with Crippen LogP contribution < -0.4 is 0 Å². The molecule has 0 amide bonds. The van der Waals surface area contributed by atoms with Crippen LogP contribution in [0, 0.1) is 0 Å². The van der Waals surface area contributed by atoms with Gasteiger partial charge in [0.25, 0.3) is 0 Å². The Balaban J connectivity index is 0. The molecule has 0 atom stereocenters. The van der Waals surface area contributed by atoms with Gasteiger partial charge in [0.05, 0.1) is 14.2 Å². The molecule has 0 aliphatic heterocycles. The van der Waals surface area contributed by atoms with Crippen molar-refractivity contribution in [3.63, 3.8) is 0 Å². The number of hydrogen-bond donors (Lipinski definition) is 2. The summed E-state index contributed by atoms with van der Waals surface area (Å²) in [6, 6.07) is 0. The quantitative estimate of drug-likeness (QED) is 0.467. The Bertz CT molecular complexity index is 206. The van der Waals surface area contributed by atoms with Crippen LogP contribution in [-0.4, -0.2) is 49.6 Å². The summed E-state index contributed by atoms with van der Waals surface area (Å²) < 4.78 is 8.86. The summed E-state index contributed by atoms with van der Waals surface area (Å²) in [4.78, 5) is 21.2. The zero-order chi connectivity index (χ0) is 15.6. The van der Waals surface area contributed by atoms with Crippen molar-refractivity contribution in [1.82, 2.24) is 0 Å². The number of aliphatic hydroxyl groups excluding tert-OH is 2. The van der Waals surface area contributed by atoms with E-state index < -0.39 is 0 Å². The topological polar surface area (TPSA) is 93.1 Å². The van der Waals surface area contributed by atoms with E-state index >= 15 is 0 Å². The Morgan fingerprint density at radius 1 is 0.700 bits per heavy atom. The first-order valence-electron chi connectivity index (χ1n) is 6.97. The Hall–Kier alpha value is -1.14. The zero-order valence-corrected chi connectivity index (χ0v) is 12.6. The summed E-state index contributed by atoms with van der Waals surface area (Å²) in [7, 11) is 2.70. The molecule has 20 heavy (non-hydrogen) atoms. The maximum Gasteiger partial charge on any atom is 0.305 e. The lowest BCUT2D eigenvalue weighted by Gasteiger charge is -1.98. The number of ether oxygens (including phenoxy) is 2. The van der Waals surface area contributed by atoms with Gasteiger partial charge >= 0.3 is 11.9 Å².